The van der Waals surface area contributed by atoms with E-state index < -0.39 is 0 Å². The van der Waals surface area contributed by atoms with Crippen LogP contribution in [0.3, 0.4) is 0 Å². The number of hydrogen-bond donors (Lipinski definition) is 0. The highest BCUT2D eigenvalue weighted by Gasteiger charge is 2.28. The van der Waals surface area contributed by atoms with Crippen LogP contribution in [0.2, 0.25) is 0 Å². The molecule has 0 bridgehead atoms. The number of nitrogens with zero attached hydrogens (tertiary/aromatic N) is 5. The van der Waals surface area contributed by atoms with Gasteiger partial charge in [0.15, 0.2) is 0 Å². The first-order valence-electron chi connectivity index (χ1n) is 8.66. The first-order chi connectivity index (χ1) is 12.7. The third kappa shape index (κ3) is 3.33. The van der Waals surface area contributed by atoms with E-state index in [0.717, 1.165) is 24.1 Å². The molecule has 1 fully saturated rings. The van der Waals surface area contributed by atoms with Gasteiger partial charge in [-0.2, -0.15) is 0 Å². The summed E-state index contributed by atoms with van der Waals surface area (Å²) in [4.78, 5) is 22.6. The Kier molecular flexibility index (Phi) is 4.43. The molecule has 0 radical (unpaired) electrons. The van der Waals surface area contributed by atoms with Crippen molar-refractivity contribution < 1.29 is 9.21 Å². The lowest BCUT2D eigenvalue weighted by molar-refractivity contribution is 0.0706. The normalized spacial score (nSPS) is 15.2. The standard InChI is InChI=1S/C19H19N5O2/c1-13-2-3-16(12-21-13)18-23-22-17(26-18)14-6-10-24(11-7-14)19(25)15-4-8-20-9-5-15/h2-5,8-9,12,14H,6-7,10-11H2,1H3. The second-order valence-corrected chi connectivity index (χ2v) is 6.44. The molecule has 4 rings (SSSR count). The molecule has 1 aliphatic rings. The van der Waals surface area contributed by atoms with Gasteiger partial charge in [-0.1, -0.05) is 0 Å². The van der Waals surface area contributed by atoms with Crippen molar-refractivity contribution in [2.24, 2.45) is 0 Å². The molecule has 0 atom stereocenters. The SMILES string of the molecule is Cc1ccc(-c2nnc(C3CCN(C(=O)c4ccncc4)CC3)o2)cn1. The number of aryl methyl sites for hydroxylation is 1. The maximum atomic E-state index is 12.5. The van der Waals surface area contributed by atoms with E-state index in [1.807, 2.05) is 24.0 Å². The van der Waals surface area contributed by atoms with E-state index in [4.69, 9.17) is 4.42 Å². The molecule has 0 spiro atoms. The maximum Gasteiger partial charge on any atom is 0.253 e. The van der Waals surface area contributed by atoms with E-state index in [-0.39, 0.29) is 11.8 Å². The lowest BCUT2D eigenvalue weighted by atomic mass is 9.96. The number of aromatic nitrogens is 4. The smallest absolute Gasteiger partial charge is 0.253 e. The highest BCUT2D eigenvalue weighted by molar-refractivity contribution is 5.94. The van der Waals surface area contributed by atoms with Gasteiger partial charge in [0.05, 0.1) is 5.56 Å². The fourth-order valence-electron chi connectivity index (χ4n) is 3.12. The molecule has 3 aromatic heterocycles. The summed E-state index contributed by atoms with van der Waals surface area (Å²) in [6.45, 7) is 3.29. The van der Waals surface area contributed by atoms with Crippen LogP contribution in [0.4, 0.5) is 0 Å². The van der Waals surface area contributed by atoms with Crippen LogP contribution in [0.1, 0.15) is 40.7 Å². The minimum absolute atomic E-state index is 0.0443. The number of piperidine rings is 1. The van der Waals surface area contributed by atoms with Crippen molar-refractivity contribution in [1.29, 1.82) is 0 Å². The van der Waals surface area contributed by atoms with Gasteiger partial charge in [0.2, 0.25) is 11.8 Å². The highest BCUT2D eigenvalue weighted by atomic mass is 16.4. The van der Waals surface area contributed by atoms with E-state index in [2.05, 4.69) is 20.2 Å². The Morgan fingerprint density at radius 1 is 1.12 bits per heavy atom. The number of carbonyl (C=O) groups is 1. The van der Waals surface area contributed by atoms with Gasteiger partial charge in [-0.25, -0.2) is 0 Å². The third-order valence-electron chi connectivity index (χ3n) is 4.66. The summed E-state index contributed by atoms with van der Waals surface area (Å²) in [6.07, 6.45) is 6.64. The van der Waals surface area contributed by atoms with Gasteiger partial charge in [0, 0.05) is 48.9 Å². The van der Waals surface area contributed by atoms with Gasteiger partial charge >= 0.3 is 0 Å². The molecule has 3 aromatic rings. The Morgan fingerprint density at radius 3 is 2.58 bits per heavy atom. The van der Waals surface area contributed by atoms with Gasteiger partial charge in [0.1, 0.15) is 0 Å². The first kappa shape index (κ1) is 16.4. The molecule has 1 saturated heterocycles. The summed E-state index contributed by atoms with van der Waals surface area (Å²) in [5, 5.41) is 8.36. The zero-order chi connectivity index (χ0) is 17.9. The summed E-state index contributed by atoms with van der Waals surface area (Å²) < 4.78 is 5.86. The van der Waals surface area contributed by atoms with Crippen molar-refractivity contribution in [2.75, 3.05) is 13.1 Å². The maximum absolute atomic E-state index is 12.5. The summed E-state index contributed by atoms with van der Waals surface area (Å²) in [5.41, 5.74) is 2.43. The second-order valence-electron chi connectivity index (χ2n) is 6.44. The second kappa shape index (κ2) is 7.03. The number of rotatable bonds is 3. The van der Waals surface area contributed by atoms with Gasteiger partial charge < -0.3 is 9.32 Å². The van der Waals surface area contributed by atoms with E-state index in [9.17, 15) is 4.79 Å². The zero-order valence-corrected chi connectivity index (χ0v) is 14.5. The summed E-state index contributed by atoms with van der Waals surface area (Å²) in [5.74, 6) is 1.35. The van der Waals surface area contributed by atoms with Crippen molar-refractivity contribution in [2.45, 2.75) is 25.7 Å². The van der Waals surface area contributed by atoms with Crippen LogP contribution >= 0.6 is 0 Å². The zero-order valence-electron chi connectivity index (χ0n) is 14.5. The molecular formula is C19H19N5O2. The van der Waals surface area contributed by atoms with Crippen LogP contribution in [0.25, 0.3) is 11.5 Å². The number of likely N-dealkylation sites (tertiary alicyclic amines) is 1. The van der Waals surface area contributed by atoms with Crippen molar-refractivity contribution in [3.63, 3.8) is 0 Å². The molecule has 0 aliphatic carbocycles. The Labute approximate surface area is 151 Å². The monoisotopic (exact) mass is 349 g/mol. The van der Waals surface area contributed by atoms with Crippen molar-refractivity contribution in [1.82, 2.24) is 25.1 Å². The summed E-state index contributed by atoms with van der Waals surface area (Å²) >= 11 is 0. The lowest BCUT2D eigenvalue weighted by Gasteiger charge is -2.30. The Balaban J connectivity index is 1.41. The van der Waals surface area contributed by atoms with Crippen LogP contribution in [0.15, 0.2) is 47.3 Å². The van der Waals surface area contributed by atoms with E-state index >= 15 is 0 Å². The molecule has 26 heavy (non-hydrogen) atoms. The quantitative estimate of drug-likeness (QED) is 0.723. The van der Waals surface area contributed by atoms with E-state index in [1.54, 1.807) is 30.7 Å². The van der Waals surface area contributed by atoms with Crippen LogP contribution in [0.5, 0.6) is 0 Å². The predicted octanol–water partition coefficient (Wildman–Crippen LogP) is 2.85. The molecule has 1 amide bonds. The predicted molar refractivity (Wildman–Crippen MR) is 94.4 cm³/mol. The molecule has 0 saturated carbocycles. The van der Waals surface area contributed by atoms with Crippen molar-refractivity contribution in [3.05, 3.63) is 60.0 Å². The van der Waals surface area contributed by atoms with Crippen LogP contribution in [0, 0.1) is 6.92 Å². The van der Waals surface area contributed by atoms with Gasteiger partial charge in [-0.3, -0.25) is 14.8 Å². The molecular weight excluding hydrogens is 330 g/mol. The molecule has 132 valence electrons. The highest BCUT2D eigenvalue weighted by Crippen LogP contribution is 2.29. The average molecular weight is 349 g/mol. The third-order valence-corrected chi connectivity index (χ3v) is 4.66. The number of amides is 1. The van der Waals surface area contributed by atoms with E-state index in [0.29, 0.717) is 30.4 Å². The number of pyridine rings is 2. The van der Waals surface area contributed by atoms with Gasteiger partial charge in [0.25, 0.3) is 5.91 Å². The molecule has 0 unspecified atom stereocenters. The topological polar surface area (TPSA) is 85.0 Å². The summed E-state index contributed by atoms with van der Waals surface area (Å²) in [6, 6.07) is 7.33. The minimum Gasteiger partial charge on any atom is -0.420 e. The minimum atomic E-state index is 0.0443. The van der Waals surface area contributed by atoms with Gasteiger partial charge in [-0.05, 0) is 44.0 Å². The molecule has 0 N–H and O–H groups in total. The number of hydrogen-bond acceptors (Lipinski definition) is 6. The van der Waals surface area contributed by atoms with Crippen LogP contribution in [-0.2, 0) is 0 Å². The van der Waals surface area contributed by atoms with Gasteiger partial charge in [-0.15, -0.1) is 10.2 Å². The Morgan fingerprint density at radius 2 is 1.88 bits per heavy atom. The fourth-order valence-corrected chi connectivity index (χ4v) is 3.12. The fraction of sp³-hybridized carbons (Fsp3) is 0.316. The Hall–Kier alpha value is -3.09. The Bertz CT molecular complexity index is 884. The largest absolute Gasteiger partial charge is 0.420 e. The van der Waals surface area contributed by atoms with Crippen molar-refractivity contribution >= 4 is 5.91 Å². The molecule has 4 heterocycles. The molecule has 7 heteroatoms. The number of carbonyl (C=O) groups excluding carboxylic acids is 1. The van der Waals surface area contributed by atoms with E-state index in [1.165, 1.54) is 0 Å². The molecule has 0 aromatic carbocycles. The van der Waals surface area contributed by atoms with Crippen LogP contribution < -0.4 is 0 Å². The first-order valence-corrected chi connectivity index (χ1v) is 8.66. The van der Waals surface area contributed by atoms with Crippen molar-refractivity contribution in [3.8, 4) is 11.5 Å². The van der Waals surface area contributed by atoms with Crippen LogP contribution in [-0.4, -0.2) is 44.1 Å². The summed E-state index contributed by atoms with van der Waals surface area (Å²) in [7, 11) is 0. The molecule has 7 nitrogen and oxygen atoms in total. The average Bonchev–Trinajstić information content (AvgIpc) is 3.19. The lowest BCUT2D eigenvalue weighted by Crippen LogP contribution is -2.38. The molecule has 1 aliphatic heterocycles.